The third kappa shape index (κ3) is 4.01. The number of pyridine rings is 1. The highest BCUT2D eigenvalue weighted by Crippen LogP contribution is 2.33. The minimum Gasteiger partial charge on any atom is -0.367 e. The highest BCUT2D eigenvalue weighted by molar-refractivity contribution is 5.75. The molecule has 162 valence electrons. The van der Waals surface area contributed by atoms with E-state index in [9.17, 15) is 4.39 Å². The second-order valence-electron chi connectivity index (χ2n) is 8.16. The van der Waals surface area contributed by atoms with Crippen molar-refractivity contribution in [2.75, 3.05) is 31.1 Å². The fraction of sp³-hybridized carbons (Fsp3) is 0.231. The molecule has 0 amide bonds. The van der Waals surface area contributed by atoms with Gasteiger partial charge in [0.2, 0.25) is 0 Å². The Labute approximate surface area is 187 Å². The first-order valence-electron chi connectivity index (χ1n) is 11.0. The van der Waals surface area contributed by atoms with Gasteiger partial charge in [0, 0.05) is 49.2 Å². The van der Waals surface area contributed by atoms with Gasteiger partial charge in [-0.2, -0.15) is 5.10 Å². The van der Waals surface area contributed by atoms with Crippen molar-refractivity contribution in [1.29, 1.82) is 0 Å². The van der Waals surface area contributed by atoms with Gasteiger partial charge in [0.25, 0.3) is 0 Å². The quantitative estimate of drug-likeness (QED) is 0.496. The Morgan fingerprint density at radius 2 is 1.66 bits per heavy atom. The van der Waals surface area contributed by atoms with Crippen molar-refractivity contribution in [1.82, 2.24) is 20.1 Å². The Balaban J connectivity index is 1.39. The number of H-pyrrole nitrogens is 1. The summed E-state index contributed by atoms with van der Waals surface area (Å²) in [6.07, 6.45) is 3.75. The standard InChI is InChI=1S/C26H26FN5/c1-19-23(18-29-30-19)26(21-6-3-2-4-7-21)32-16-14-31(15-17-32)24-8-5-13-28-25(24)20-9-11-22(27)12-10-20/h2-13,18,26H,14-17H2,1H3,(H,29,30). The largest absolute Gasteiger partial charge is 0.367 e. The van der Waals surface area contributed by atoms with E-state index in [1.807, 2.05) is 12.3 Å². The summed E-state index contributed by atoms with van der Waals surface area (Å²) < 4.78 is 13.4. The Bertz CT molecular complexity index is 1160. The molecule has 1 fully saturated rings. The zero-order chi connectivity index (χ0) is 21.9. The number of benzene rings is 2. The molecule has 0 aliphatic carbocycles. The third-order valence-electron chi connectivity index (χ3n) is 6.20. The molecule has 0 radical (unpaired) electrons. The molecule has 1 saturated heterocycles. The van der Waals surface area contributed by atoms with Crippen LogP contribution in [0.2, 0.25) is 0 Å². The molecule has 3 heterocycles. The van der Waals surface area contributed by atoms with Crippen LogP contribution in [0.1, 0.15) is 22.9 Å². The first-order chi connectivity index (χ1) is 15.7. The van der Waals surface area contributed by atoms with Crippen molar-refractivity contribution in [2.24, 2.45) is 0 Å². The number of hydrogen-bond donors (Lipinski definition) is 1. The van der Waals surface area contributed by atoms with Gasteiger partial charge < -0.3 is 4.90 Å². The van der Waals surface area contributed by atoms with E-state index in [1.54, 1.807) is 18.3 Å². The summed E-state index contributed by atoms with van der Waals surface area (Å²) in [4.78, 5) is 9.52. The molecule has 1 atom stereocenters. The molecule has 0 spiro atoms. The number of aromatic nitrogens is 3. The van der Waals surface area contributed by atoms with E-state index in [4.69, 9.17) is 0 Å². The van der Waals surface area contributed by atoms with Crippen LogP contribution in [0.3, 0.4) is 0 Å². The number of rotatable bonds is 5. The van der Waals surface area contributed by atoms with Crippen LogP contribution in [0.4, 0.5) is 10.1 Å². The van der Waals surface area contributed by atoms with Gasteiger partial charge in [0.15, 0.2) is 0 Å². The fourth-order valence-corrected chi connectivity index (χ4v) is 4.56. The number of piperazine rings is 1. The minimum absolute atomic E-state index is 0.169. The summed E-state index contributed by atoms with van der Waals surface area (Å²) in [7, 11) is 0. The van der Waals surface area contributed by atoms with Gasteiger partial charge in [0.05, 0.1) is 23.6 Å². The van der Waals surface area contributed by atoms with E-state index in [0.717, 1.165) is 48.8 Å². The van der Waals surface area contributed by atoms with E-state index >= 15 is 0 Å². The molecule has 4 aromatic rings. The number of aryl methyl sites for hydroxylation is 1. The van der Waals surface area contributed by atoms with E-state index in [0.29, 0.717) is 0 Å². The lowest BCUT2D eigenvalue weighted by atomic mass is 9.97. The maximum atomic E-state index is 13.4. The van der Waals surface area contributed by atoms with E-state index in [-0.39, 0.29) is 11.9 Å². The zero-order valence-corrected chi connectivity index (χ0v) is 18.1. The van der Waals surface area contributed by atoms with Crippen LogP contribution in [-0.4, -0.2) is 46.3 Å². The van der Waals surface area contributed by atoms with Crippen molar-refractivity contribution in [3.8, 4) is 11.3 Å². The average molecular weight is 428 g/mol. The average Bonchev–Trinajstić information content (AvgIpc) is 3.26. The smallest absolute Gasteiger partial charge is 0.123 e. The molecule has 1 unspecified atom stereocenters. The molecular weight excluding hydrogens is 401 g/mol. The van der Waals surface area contributed by atoms with Crippen LogP contribution in [-0.2, 0) is 0 Å². The summed E-state index contributed by atoms with van der Waals surface area (Å²) in [5, 5.41) is 7.38. The number of anilines is 1. The number of aromatic amines is 1. The number of nitrogens with one attached hydrogen (secondary N) is 1. The lowest BCUT2D eigenvalue weighted by molar-refractivity contribution is 0.212. The second-order valence-corrected chi connectivity index (χ2v) is 8.16. The first-order valence-corrected chi connectivity index (χ1v) is 11.0. The molecule has 6 heteroatoms. The van der Waals surface area contributed by atoms with Crippen LogP contribution in [0.25, 0.3) is 11.3 Å². The van der Waals surface area contributed by atoms with Gasteiger partial charge in [-0.3, -0.25) is 15.0 Å². The maximum Gasteiger partial charge on any atom is 0.123 e. The molecule has 0 saturated carbocycles. The fourth-order valence-electron chi connectivity index (χ4n) is 4.56. The third-order valence-corrected chi connectivity index (χ3v) is 6.20. The second kappa shape index (κ2) is 8.93. The van der Waals surface area contributed by atoms with Crippen LogP contribution < -0.4 is 4.90 Å². The molecule has 1 aliphatic heterocycles. The van der Waals surface area contributed by atoms with Crippen molar-refractivity contribution < 1.29 is 4.39 Å². The Morgan fingerprint density at radius 3 is 2.34 bits per heavy atom. The summed E-state index contributed by atoms with van der Waals surface area (Å²) in [5.74, 6) is -0.235. The summed E-state index contributed by atoms with van der Waals surface area (Å²) in [6, 6.07) is 21.4. The van der Waals surface area contributed by atoms with Gasteiger partial charge in [0.1, 0.15) is 5.82 Å². The van der Waals surface area contributed by atoms with Gasteiger partial charge in [-0.05, 0) is 48.9 Å². The van der Waals surface area contributed by atoms with E-state index in [1.165, 1.54) is 23.3 Å². The van der Waals surface area contributed by atoms with E-state index in [2.05, 4.69) is 68.3 Å². The number of nitrogens with zero attached hydrogens (tertiary/aromatic N) is 4. The molecule has 5 rings (SSSR count). The predicted molar refractivity (Wildman–Crippen MR) is 125 cm³/mol. The van der Waals surface area contributed by atoms with Crippen LogP contribution in [0.5, 0.6) is 0 Å². The van der Waals surface area contributed by atoms with Gasteiger partial charge in [-0.1, -0.05) is 30.3 Å². The molecule has 2 aromatic carbocycles. The SMILES string of the molecule is Cc1[nH]ncc1C(c1ccccc1)N1CCN(c2cccnc2-c2ccc(F)cc2)CC1. The lowest BCUT2D eigenvalue weighted by Crippen LogP contribution is -2.48. The summed E-state index contributed by atoms with van der Waals surface area (Å²) >= 11 is 0. The topological polar surface area (TPSA) is 48.1 Å². The first kappa shape index (κ1) is 20.4. The van der Waals surface area contributed by atoms with Gasteiger partial charge in [-0.15, -0.1) is 0 Å². The Kier molecular flexibility index (Phi) is 5.69. The summed E-state index contributed by atoms with van der Waals surface area (Å²) in [6.45, 7) is 5.70. The Morgan fingerprint density at radius 1 is 0.906 bits per heavy atom. The molecular formula is C26H26FN5. The molecule has 1 aliphatic rings. The predicted octanol–water partition coefficient (Wildman–Crippen LogP) is 4.83. The van der Waals surface area contributed by atoms with Crippen molar-refractivity contribution >= 4 is 5.69 Å². The minimum atomic E-state index is -0.235. The van der Waals surface area contributed by atoms with Crippen LogP contribution >= 0.6 is 0 Å². The molecule has 0 bridgehead atoms. The Hall–Kier alpha value is -3.51. The van der Waals surface area contributed by atoms with E-state index < -0.39 is 0 Å². The van der Waals surface area contributed by atoms with Gasteiger partial charge >= 0.3 is 0 Å². The molecule has 1 N–H and O–H groups in total. The van der Waals surface area contributed by atoms with Crippen molar-refractivity contribution in [3.05, 3.63) is 102 Å². The normalized spacial score (nSPS) is 15.6. The monoisotopic (exact) mass is 427 g/mol. The van der Waals surface area contributed by atoms with Gasteiger partial charge in [-0.25, -0.2) is 4.39 Å². The number of hydrogen-bond acceptors (Lipinski definition) is 4. The van der Waals surface area contributed by atoms with Crippen molar-refractivity contribution in [2.45, 2.75) is 13.0 Å². The summed E-state index contributed by atoms with van der Waals surface area (Å²) in [5.41, 5.74) is 6.52. The highest BCUT2D eigenvalue weighted by atomic mass is 19.1. The number of halogens is 1. The van der Waals surface area contributed by atoms with Crippen LogP contribution in [0.15, 0.2) is 79.1 Å². The molecule has 32 heavy (non-hydrogen) atoms. The van der Waals surface area contributed by atoms with Crippen molar-refractivity contribution in [3.63, 3.8) is 0 Å². The lowest BCUT2D eigenvalue weighted by Gasteiger charge is -2.40. The molecule has 5 nitrogen and oxygen atoms in total. The zero-order valence-electron chi connectivity index (χ0n) is 18.1. The highest BCUT2D eigenvalue weighted by Gasteiger charge is 2.29. The van der Waals surface area contributed by atoms with Crippen LogP contribution in [0, 0.1) is 12.7 Å². The maximum absolute atomic E-state index is 13.4. The molecule has 2 aromatic heterocycles.